The fourth-order valence-corrected chi connectivity index (χ4v) is 3.33. The lowest BCUT2D eigenvalue weighted by Crippen LogP contribution is -2.33. The second kappa shape index (κ2) is 11.0. The van der Waals surface area contributed by atoms with Crippen molar-refractivity contribution in [3.63, 3.8) is 0 Å². The third-order valence-electron chi connectivity index (χ3n) is 5.19. The molecule has 0 aliphatic carbocycles. The molecule has 0 bridgehead atoms. The van der Waals surface area contributed by atoms with Gasteiger partial charge in [0.15, 0.2) is 0 Å². The summed E-state index contributed by atoms with van der Waals surface area (Å²) in [7, 11) is 3.91. The van der Waals surface area contributed by atoms with Crippen molar-refractivity contribution >= 4 is 34.7 Å². The predicted molar refractivity (Wildman–Crippen MR) is 135 cm³/mol. The summed E-state index contributed by atoms with van der Waals surface area (Å²) in [6, 6.07) is 21.1. The van der Waals surface area contributed by atoms with Crippen LogP contribution in [0.3, 0.4) is 0 Å². The number of anilines is 4. The molecular weight excluding hydrogens is 416 g/mol. The summed E-state index contributed by atoms with van der Waals surface area (Å²) < 4.78 is 0. The monoisotopic (exact) mass is 446 g/mol. The highest BCUT2D eigenvalue weighted by molar-refractivity contribution is 6.05. The van der Waals surface area contributed by atoms with Crippen molar-refractivity contribution in [2.45, 2.75) is 12.5 Å². The Morgan fingerprint density at radius 2 is 1.58 bits per heavy atom. The third-order valence-corrected chi connectivity index (χ3v) is 5.19. The molecule has 3 rings (SSSR count). The van der Waals surface area contributed by atoms with Gasteiger partial charge in [0.1, 0.15) is 0 Å². The van der Waals surface area contributed by atoms with E-state index in [4.69, 9.17) is 11.5 Å². The third kappa shape index (κ3) is 6.47. The molecule has 3 aromatic rings. The van der Waals surface area contributed by atoms with E-state index < -0.39 is 0 Å². The number of nitrogen functional groups attached to an aromatic ring is 1. The van der Waals surface area contributed by atoms with Crippen LogP contribution >= 0.6 is 0 Å². The van der Waals surface area contributed by atoms with Gasteiger partial charge in [-0.3, -0.25) is 4.79 Å². The number of urea groups is 1. The molecule has 0 fully saturated rings. The number of carbonyl (C=O) groups excluding carboxylic acids is 2. The van der Waals surface area contributed by atoms with Crippen LogP contribution in [0.25, 0.3) is 0 Å². The Bertz CT molecular complexity index is 1080. The first-order chi connectivity index (χ1) is 15.9. The highest BCUT2D eigenvalue weighted by Gasteiger charge is 2.15. The van der Waals surface area contributed by atoms with Gasteiger partial charge in [-0.25, -0.2) is 4.79 Å². The van der Waals surface area contributed by atoms with Crippen LogP contribution in [0.4, 0.5) is 27.5 Å². The molecule has 0 radical (unpaired) electrons. The Morgan fingerprint density at radius 1 is 0.909 bits per heavy atom. The number of nitrogens with two attached hydrogens (primary N) is 2. The van der Waals surface area contributed by atoms with Crippen LogP contribution in [0, 0.1) is 0 Å². The van der Waals surface area contributed by atoms with Gasteiger partial charge in [-0.15, -0.1) is 0 Å². The summed E-state index contributed by atoms with van der Waals surface area (Å²) in [5, 5.41) is 8.61. The van der Waals surface area contributed by atoms with E-state index >= 15 is 0 Å². The molecule has 1 unspecified atom stereocenters. The molecule has 1 atom stereocenters. The minimum atomic E-state index is -0.326. The first kappa shape index (κ1) is 23.6. The van der Waals surface area contributed by atoms with E-state index in [0.29, 0.717) is 35.6 Å². The van der Waals surface area contributed by atoms with Crippen molar-refractivity contribution in [1.82, 2.24) is 5.32 Å². The van der Waals surface area contributed by atoms with E-state index in [-0.39, 0.29) is 18.0 Å². The summed E-state index contributed by atoms with van der Waals surface area (Å²) in [6.07, 6.45) is 0.555. The van der Waals surface area contributed by atoms with Gasteiger partial charge in [0.05, 0.1) is 17.4 Å². The zero-order valence-electron chi connectivity index (χ0n) is 18.8. The number of carbonyl (C=O) groups is 2. The van der Waals surface area contributed by atoms with Crippen LogP contribution in [-0.4, -0.2) is 32.6 Å². The van der Waals surface area contributed by atoms with Crippen LogP contribution in [-0.2, 0) is 0 Å². The quantitative estimate of drug-likeness (QED) is 0.337. The Labute approximate surface area is 194 Å². The number of hydrogen-bond donors (Lipinski definition) is 5. The molecule has 0 aliphatic heterocycles. The van der Waals surface area contributed by atoms with Gasteiger partial charge in [0, 0.05) is 31.0 Å². The minimum absolute atomic E-state index is 0.262. The highest BCUT2D eigenvalue weighted by Crippen LogP contribution is 2.21. The summed E-state index contributed by atoms with van der Waals surface area (Å²) in [5.41, 5.74) is 15.8. The Balaban J connectivity index is 1.64. The van der Waals surface area contributed by atoms with Crippen molar-refractivity contribution in [2.75, 3.05) is 41.9 Å². The predicted octanol–water partition coefficient (Wildman–Crippen LogP) is 3.80. The van der Waals surface area contributed by atoms with E-state index in [1.54, 1.807) is 36.4 Å². The van der Waals surface area contributed by atoms with E-state index in [1.807, 2.05) is 55.4 Å². The Hall–Kier alpha value is -4.04. The van der Waals surface area contributed by atoms with E-state index in [0.717, 1.165) is 11.3 Å². The average molecular weight is 447 g/mol. The maximum atomic E-state index is 12.6. The minimum Gasteiger partial charge on any atom is -0.397 e. The van der Waals surface area contributed by atoms with Crippen LogP contribution in [0.5, 0.6) is 0 Å². The Morgan fingerprint density at radius 3 is 2.18 bits per heavy atom. The first-order valence-corrected chi connectivity index (χ1v) is 10.7. The van der Waals surface area contributed by atoms with Crippen molar-refractivity contribution < 1.29 is 9.59 Å². The lowest BCUT2D eigenvalue weighted by atomic mass is 10.0. The fourth-order valence-electron chi connectivity index (χ4n) is 3.33. The number of rotatable bonds is 8. The standard InChI is InChI=1S/C25H30N6O2/c1-31(2)20-13-11-19(12-14-20)28-25(33)30-22(15-16-26)17-7-9-18(10-8-17)24(32)29-23-6-4-3-5-21(23)27/h3-14,22H,15-16,26-27H2,1-2H3,(H,29,32)(H2,28,30,33). The van der Waals surface area contributed by atoms with E-state index in [1.165, 1.54) is 0 Å². The lowest BCUT2D eigenvalue weighted by molar-refractivity contribution is 0.102. The summed E-state index contributed by atoms with van der Waals surface area (Å²) >= 11 is 0. The zero-order valence-corrected chi connectivity index (χ0v) is 18.8. The molecular formula is C25H30N6O2. The maximum absolute atomic E-state index is 12.6. The van der Waals surface area contributed by atoms with Crippen LogP contribution in [0.1, 0.15) is 28.4 Å². The van der Waals surface area contributed by atoms with Gasteiger partial charge in [-0.2, -0.15) is 0 Å². The second-order valence-electron chi connectivity index (χ2n) is 7.83. The largest absolute Gasteiger partial charge is 0.397 e. The van der Waals surface area contributed by atoms with Gasteiger partial charge in [0.2, 0.25) is 0 Å². The van der Waals surface area contributed by atoms with Gasteiger partial charge < -0.3 is 32.3 Å². The summed E-state index contributed by atoms with van der Waals surface area (Å²) in [6.45, 7) is 0.401. The number of nitrogens with zero attached hydrogens (tertiary/aromatic N) is 1. The maximum Gasteiger partial charge on any atom is 0.319 e. The molecule has 0 heterocycles. The summed E-state index contributed by atoms with van der Waals surface area (Å²) in [5.74, 6) is -0.262. The van der Waals surface area contributed by atoms with Gasteiger partial charge in [0.25, 0.3) is 5.91 Å². The number of amides is 3. The smallest absolute Gasteiger partial charge is 0.319 e. The number of para-hydroxylation sites is 2. The van der Waals surface area contributed by atoms with E-state index in [2.05, 4.69) is 16.0 Å². The molecule has 33 heavy (non-hydrogen) atoms. The molecule has 3 aromatic carbocycles. The van der Waals surface area contributed by atoms with Gasteiger partial charge >= 0.3 is 6.03 Å². The first-order valence-electron chi connectivity index (χ1n) is 10.7. The molecule has 172 valence electrons. The molecule has 0 aromatic heterocycles. The van der Waals surface area contributed by atoms with Crippen molar-refractivity contribution in [2.24, 2.45) is 5.73 Å². The van der Waals surface area contributed by atoms with Gasteiger partial charge in [-0.1, -0.05) is 24.3 Å². The molecule has 7 N–H and O–H groups in total. The zero-order chi connectivity index (χ0) is 23.8. The lowest BCUT2D eigenvalue weighted by Gasteiger charge is -2.20. The molecule has 0 aliphatic rings. The van der Waals surface area contributed by atoms with Crippen LogP contribution in [0.15, 0.2) is 72.8 Å². The van der Waals surface area contributed by atoms with Crippen LogP contribution in [0.2, 0.25) is 0 Å². The number of hydrogen-bond acceptors (Lipinski definition) is 5. The average Bonchev–Trinajstić information content (AvgIpc) is 2.80. The SMILES string of the molecule is CN(C)c1ccc(NC(=O)NC(CCN)c2ccc(C(=O)Nc3ccccc3N)cc2)cc1. The topological polar surface area (TPSA) is 126 Å². The van der Waals surface area contributed by atoms with Crippen molar-refractivity contribution in [3.8, 4) is 0 Å². The molecule has 8 nitrogen and oxygen atoms in total. The van der Waals surface area contributed by atoms with Crippen molar-refractivity contribution in [3.05, 3.63) is 83.9 Å². The Kier molecular flexibility index (Phi) is 7.88. The van der Waals surface area contributed by atoms with Crippen LogP contribution < -0.4 is 32.3 Å². The second-order valence-corrected chi connectivity index (χ2v) is 7.83. The van der Waals surface area contributed by atoms with E-state index in [9.17, 15) is 9.59 Å². The molecule has 3 amide bonds. The molecule has 8 heteroatoms. The molecule has 0 saturated carbocycles. The van der Waals surface area contributed by atoms with Crippen molar-refractivity contribution in [1.29, 1.82) is 0 Å². The number of nitrogens with one attached hydrogen (secondary N) is 3. The fraction of sp³-hybridized carbons (Fsp3) is 0.200. The highest BCUT2D eigenvalue weighted by atomic mass is 16.2. The molecule has 0 spiro atoms. The normalized spacial score (nSPS) is 11.4. The molecule has 0 saturated heterocycles. The van der Waals surface area contributed by atoms with Gasteiger partial charge in [-0.05, 0) is 67.1 Å². The summed E-state index contributed by atoms with van der Waals surface area (Å²) in [4.78, 5) is 27.1. The number of benzene rings is 3.